The molecule has 0 unspecified atom stereocenters. The highest BCUT2D eigenvalue weighted by Gasteiger charge is 2.25. The summed E-state index contributed by atoms with van der Waals surface area (Å²) in [5, 5.41) is 14.6. The molecule has 8 heteroatoms. The largest absolute Gasteiger partial charge is 0.468 e. The molecule has 0 saturated carbocycles. The van der Waals surface area contributed by atoms with E-state index in [1.165, 1.54) is 6.26 Å². The van der Waals surface area contributed by atoms with Gasteiger partial charge in [0.05, 0.1) is 19.1 Å². The molecule has 1 N–H and O–H groups in total. The highest BCUT2D eigenvalue weighted by atomic mass is 32.2. The van der Waals surface area contributed by atoms with Crippen molar-refractivity contribution >= 4 is 15.7 Å². The summed E-state index contributed by atoms with van der Waals surface area (Å²) >= 11 is 0. The summed E-state index contributed by atoms with van der Waals surface area (Å²) in [6.45, 7) is -0.228. The monoisotopic (exact) mass is 426 g/mol. The van der Waals surface area contributed by atoms with E-state index in [0.29, 0.717) is 11.5 Å². The summed E-state index contributed by atoms with van der Waals surface area (Å²) in [5.74, 6) is 0.493. The first-order valence-electron chi connectivity index (χ1n) is 9.48. The van der Waals surface area contributed by atoms with Gasteiger partial charge in [-0.25, -0.2) is 8.42 Å². The molecular formula is C22H22N2O5S. The second kappa shape index (κ2) is 8.43. The van der Waals surface area contributed by atoms with Crippen LogP contribution >= 0.6 is 0 Å². The van der Waals surface area contributed by atoms with E-state index in [0.717, 1.165) is 32.8 Å². The topological polar surface area (TPSA) is 92.3 Å². The van der Waals surface area contributed by atoms with Gasteiger partial charge in [-0.05, 0) is 23.3 Å². The lowest BCUT2D eigenvalue weighted by atomic mass is 10.1. The van der Waals surface area contributed by atoms with E-state index < -0.39 is 16.1 Å². The highest BCUT2D eigenvalue weighted by Crippen LogP contribution is 2.36. The summed E-state index contributed by atoms with van der Waals surface area (Å²) in [6.07, 6.45) is 1.52. The van der Waals surface area contributed by atoms with Crippen LogP contribution < -0.4 is 0 Å². The first-order chi connectivity index (χ1) is 14.4. The van der Waals surface area contributed by atoms with Crippen molar-refractivity contribution in [2.75, 3.05) is 19.4 Å². The Hall–Kier alpha value is -2.94. The van der Waals surface area contributed by atoms with Crippen LogP contribution in [-0.4, -0.2) is 49.1 Å². The fourth-order valence-corrected chi connectivity index (χ4v) is 4.27. The normalized spacial score (nSPS) is 13.8. The minimum Gasteiger partial charge on any atom is -0.468 e. The van der Waals surface area contributed by atoms with Crippen molar-refractivity contribution < 1.29 is 22.8 Å². The Kier molecular flexibility index (Phi) is 5.72. The number of rotatable bonds is 8. The predicted octanol–water partition coefficient (Wildman–Crippen LogP) is 2.85. The second-order valence-corrected chi connectivity index (χ2v) is 9.10. The number of furan rings is 1. The molecule has 0 aliphatic heterocycles. The Morgan fingerprint density at radius 2 is 1.60 bits per heavy atom. The molecule has 30 heavy (non-hydrogen) atoms. The molecule has 1 aliphatic carbocycles. The van der Waals surface area contributed by atoms with E-state index in [2.05, 4.69) is 5.16 Å². The molecular weight excluding hydrogens is 404 g/mol. The number of nitrogens with zero attached hydrogens (tertiary/aromatic N) is 2. The molecule has 0 spiro atoms. The standard InChI is InChI=1S/C22H22N2O5S/c1-30(26,27)24(14-17-7-6-12-28-17)13-16(25)15-29-23-22-20-10-4-2-8-18(20)19-9-3-5-11-21(19)22/h2-12,16,25H,13-15H2,1H3/t16-/m1/s1. The van der Waals surface area contributed by atoms with Gasteiger partial charge in [-0.1, -0.05) is 53.7 Å². The molecule has 1 aromatic heterocycles. The number of aliphatic hydroxyl groups excluding tert-OH is 1. The molecule has 4 rings (SSSR count). The molecule has 0 bridgehead atoms. The second-order valence-electron chi connectivity index (χ2n) is 7.12. The van der Waals surface area contributed by atoms with Gasteiger partial charge in [0.2, 0.25) is 10.0 Å². The van der Waals surface area contributed by atoms with Crippen LogP contribution in [0.2, 0.25) is 0 Å². The summed E-state index contributed by atoms with van der Waals surface area (Å²) in [7, 11) is -3.53. The van der Waals surface area contributed by atoms with Crippen LogP contribution in [0.1, 0.15) is 16.9 Å². The Morgan fingerprint density at radius 1 is 1.00 bits per heavy atom. The van der Waals surface area contributed by atoms with Crippen LogP contribution in [0.5, 0.6) is 0 Å². The van der Waals surface area contributed by atoms with Crippen molar-refractivity contribution in [2.24, 2.45) is 5.16 Å². The molecule has 0 radical (unpaired) electrons. The number of benzene rings is 2. The third kappa shape index (κ3) is 4.30. The van der Waals surface area contributed by atoms with E-state index in [-0.39, 0.29) is 19.7 Å². The van der Waals surface area contributed by atoms with Crippen molar-refractivity contribution in [1.82, 2.24) is 4.31 Å². The summed E-state index contributed by atoms with van der Waals surface area (Å²) in [6, 6.07) is 19.2. The highest BCUT2D eigenvalue weighted by molar-refractivity contribution is 7.88. The fraction of sp³-hybridized carbons (Fsp3) is 0.227. The molecule has 156 valence electrons. The van der Waals surface area contributed by atoms with Gasteiger partial charge < -0.3 is 14.4 Å². The molecule has 0 saturated heterocycles. The van der Waals surface area contributed by atoms with Crippen molar-refractivity contribution in [3.63, 3.8) is 0 Å². The lowest BCUT2D eigenvalue weighted by Crippen LogP contribution is -2.38. The zero-order valence-corrected chi connectivity index (χ0v) is 17.2. The van der Waals surface area contributed by atoms with E-state index in [9.17, 15) is 13.5 Å². The summed E-state index contributed by atoms with van der Waals surface area (Å²) in [4.78, 5) is 5.43. The molecule has 0 fully saturated rings. The van der Waals surface area contributed by atoms with Gasteiger partial charge in [0, 0.05) is 17.7 Å². The van der Waals surface area contributed by atoms with Crippen LogP contribution in [0.4, 0.5) is 0 Å². The van der Waals surface area contributed by atoms with Crippen molar-refractivity contribution in [1.29, 1.82) is 0 Å². The van der Waals surface area contributed by atoms with Crippen LogP contribution in [0, 0.1) is 0 Å². The van der Waals surface area contributed by atoms with Crippen LogP contribution in [0.25, 0.3) is 11.1 Å². The minimum atomic E-state index is -3.53. The molecule has 0 amide bonds. The third-order valence-corrected chi connectivity index (χ3v) is 6.09. The third-order valence-electron chi connectivity index (χ3n) is 4.87. The van der Waals surface area contributed by atoms with E-state index in [1.54, 1.807) is 12.1 Å². The Labute approximate surface area is 175 Å². The Balaban J connectivity index is 1.45. The van der Waals surface area contributed by atoms with Crippen LogP contribution in [0.3, 0.4) is 0 Å². The van der Waals surface area contributed by atoms with Gasteiger partial charge in [-0.2, -0.15) is 4.31 Å². The number of oxime groups is 1. The van der Waals surface area contributed by atoms with E-state index in [1.807, 2.05) is 48.5 Å². The zero-order valence-electron chi connectivity index (χ0n) is 16.4. The summed E-state index contributed by atoms with van der Waals surface area (Å²) < 4.78 is 30.5. The van der Waals surface area contributed by atoms with E-state index >= 15 is 0 Å². The Bertz CT molecular complexity index is 1110. The number of hydrogen-bond acceptors (Lipinski definition) is 6. The Morgan fingerprint density at radius 3 is 2.13 bits per heavy atom. The van der Waals surface area contributed by atoms with Gasteiger partial charge >= 0.3 is 0 Å². The molecule has 7 nitrogen and oxygen atoms in total. The minimum absolute atomic E-state index is 0.0398. The van der Waals surface area contributed by atoms with Crippen LogP contribution in [0.15, 0.2) is 76.5 Å². The molecule has 1 atom stereocenters. The van der Waals surface area contributed by atoms with Gasteiger partial charge in [0.1, 0.15) is 24.2 Å². The molecule has 2 aromatic carbocycles. The van der Waals surface area contributed by atoms with Crippen LogP contribution in [-0.2, 0) is 21.4 Å². The van der Waals surface area contributed by atoms with Crippen molar-refractivity contribution in [2.45, 2.75) is 12.6 Å². The SMILES string of the molecule is CS(=O)(=O)N(Cc1ccco1)C[C@@H](O)CON=C1c2ccccc2-c2ccccc21. The van der Waals surface area contributed by atoms with E-state index in [4.69, 9.17) is 9.25 Å². The van der Waals surface area contributed by atoms with Gasteiger partial charge in [0.25, 0.3) is 0 Å². The fourth-order valence-electron chi connectivity index (χ4n) is 3.46. The van der Waals surface area contributed by atoms with Gasteiger partial charge in [0.15, 0.2) is 0 Å². The number of aliphatic hydroxyl groups is 1. The average molecular weight is 426 g/mol. The zero-order chi connectivity index (χ0) is 21.1. The predicted molar refractivity (Wildman–Crippen MR) is 113 cm³/mol. The first kappa shape index (κ1) is 20.3. The maximum atomic E-state index is 12.1. The molecule has 1 aliphatic rings. The number of sulfonamides is 1. The molecule has 3 aromatic rings. The first-order valence-corrected chi connectivity index (χ1v) is 11.3. The summed E-state index contributed by atoms with van der Waals surface area (Å²) in [5.41, 5.74) is 4.78. The van der Waals surface area contributed by atoms with Gasteiger partial charge in [-0.15, -0.1) is 0 Å². The lowest BCUT2D eigenvalue weighted by Gasteiger charge is -2.21. The van der Waals surface area contributed by atoms with Gasteiger partial charge in [-0.3, -0.25) is 0 Å². The van der Waals surface area contributed by atoms with Crippen molar-refractivity contribution in [3.05, 3.63) is 83.8 Å². The average Bonchev–Trinajstić information content (AvgIpc) is 3.34. The smallest absolute Gasteiger partial charge is 0.211 e. The maximum Gasteiger partial charge on any atom is 0.211 e. The maximum absolute atomic E-state index is 12.1. The lowest BCUT2D eigenvalue weighted by molar-refractivity contribution is 0.0297. The quantitative estimate of drug-likeness (QED) is 0.438. The number of fused-ring (bicyclic) bond motifs is 3. The molecule has 1 heterocycles. The van der Waals surface area contributed by atoms with Crippen molar-refractivity contribution in [3.8, 4) is 11.1 Å². The number of hydrogen-bond donors (Lipinski definition) is 1.